The Bertz CT molecular complexity index is 447. The molecule has 0 unspecified atom stereocenters. The summed E-state index contributed by atoms with van der Waals surface area (Å²) in [5.74, 6) is 0.866. The zero-order valence-corrected chi connectivity index (χ0v) is 12.9. The maximum Gasteiger partial charge on any atom is 0.139 e. The second-order valence-electron chi connectivity index (χ2n) is 5.63. The smallest absolute Gasteiger partial charge is 0.139 e. The summed E-state index contributed by atoms with van der Waals surface area (Å²) in [6, 6.07) is 2.07. The van der Waals surface area contributed by atoms with Crippen LogP contribution in [0, 0.1) is 5.92 Å². The number of hydrogen-bond acceptors (Lipinski definition) is 3. The van der Waals surface area contributed by atoms with Gasteiger partial charge in [0.05, 0.1) is 11.8 Å². The third kappa shape index (κ3) is 3.69. The first-order valence-electron chi connectivity index (χ1n) is 7.85. The van der Waals surface area contributed by atoms with Gasteiger partial charge >= 0.3 is 0 Å². The van der Waals surface area contributed by atoms with Crippen molar-refractivity contribution in [2.45, 2.75) is 65.5 Å². The predicted molar refractivity (Wildman–Crippen MR) is 78.7 cm³/mol. The van der Waals surface area contributed by atoms with Crippen LogP contribution in [0.2, 0.25) is 0 Å². The lowest BCUT2D eigenvalue weighted by Crippen LogP contribution is -2.33. The molecule has 1 aliphatic carbocycles. The summed E-state index contributed by atoms with van der Waals surface area (Å²) in [4.78, 5) is 12.2. The molecule has 1 saturated carbocycles. The summed E-state index contributed by atoms with van der Waals surface area (Å²) in [5.41, 5.74) is 2.14. The number of carbonyl (C=O) groups is 1. The Morgan fingerprint density at radius 3 is 2.75 bits per heavy atom. The van der Waals surface area contributed by atoms with Crippen molar-refractivity contribution in [3.63, 3.8) is 0 Å². The maximum atomic E-state index is 12.2. The number of nitrogens with zero attached hydrogens (tertiary/aromatic N) is 2. The van der Waals surface area contributed by atoms with Crippen molar-refractivity contribution >= 4 is 5.78 Å². The second-order valence-corrected chi connectivity index (χ2v) is 5.63. The van der Waals surface area contributed by atoms with Crippen LogP contribution in [-0.2, 0) is 28.9 Å². The van der Waals surface area contributed by atoms with Gasteiger partial charge in [-0.05, 0) is 45.1 Å². The Morgan fingerprint density at radius 1 is 1.40 bits per heavy atom. The zero-order chi connectivity index (χ0) is 14.5. The molecule has 0 radical (unpaired) electrons. The summed E-state index contributed by atoms with van der Waals surface area (Å²) < 4.78 is 7.50. The highest BCUT2D eigenvalue weighted by atomic mass is 16.5. The molecule has 0 aromatic carbocycles. The lowest BCUT2D eigenvalue weighted by molar-refractivity contribution is -0.121. The third-order valence-corrected chi connectivity index (χ3v) is 4.07. The van der Waals surface area contributed by atoms with Crippen LogP contribution >= 0.6 is 0 Å². The molecule has 1 fully saturated rings. The monoisotopic (exact) mass is 278 g/mol. The standard InChI is InChI=1S/C16H26N2O2/c1-4-13-10-14(18(5-2)17-13)11-15(19)7-12-8-16(9-12)20-6-3/h10,12,16H,4-9,11H2,1-3H3. The molecule has 0 atom stereocenters. The summed E-state index contributed by atoms with van der Waals surface area (Å²) in [6.45, 7) is 7.80. The van der Waals surface area contributed by atoms with Gasteiger partial charge in [-0.1, -0.05) is 6.92 Å². The minimum atomic E-state index is 0.335. The van der Waals surface area contributed by atoms with Crippen LogP contribution in [-0.4, -0.2) is 28.3 Å². The van der Waals surface area contributed by atoms with Gasteiger partial charge in [0.25, 0.3) is 0 Å². The van der Waals surface area contributed by atoms with Crippen LogP contribution in [0.5, 0.6) is 0 Å². The normalized spacial score (nSPS) is 21.8. The number of Topliss-reactive ketones (excluding diaryl/α,β-unsaturated/α-hetero) is 1. The number of aromatic nitrogens is 2. The quantitative estimate of drug-likeness (QED) is 0.734. The molecule has 0 spiro atoms. The summed E-state index contributed by atoms with van der Waals surface area (Å²) in [7, 11) is 0. The molecule has 1 aromatic heterocycles. The first kappa shape index (κ1) is 15.2. The van der Waals surface area contributed by atoms with Crippen molar-refractivity contribution < 1.29 is 9.53 Å². The topological polar surface area (TPSA) is 44.1 Å². The number of ketones is 1. The molecule has 4 nitrogen and oxygen atoms in total. The average molecular weight is 278 g/mol. The van der Waals surface area contributed by atoms with E-state index in [-0.39, 0.29) is 0 Å². The predicted octanol–water partition coefficient (Wildman–Crippen LogP) is 2.78. The molecule has 0 N–H and O–H groups in total. The molecular formula is C16H26N2O2. The zero-order valence-electron chi connectivity index (χ0n) is 12.9. The van der Waals surface area contributed by atoms with Crippen LogP contribution in [0.4, 0.5) is 0 Å². The molecule has 1 aromatic rings. The van der Waals surface area contributed by atoms with Gasteiger partial charge in [0.2, 0.25) is 0 Å². The fourth-order valence-corrected chi connectivity index (χ4v) is 2.91. The Hall–Kier alpha value is -1.16. The van der Waals surface area contributed by atoms with E-state index in [4.69, 9.17) is 4.74 Å². The van der Waals surface area contributed by atoms with Gasteiger partial charge in [-0.15, -0.1) is 0 Å². The Kier molecular flexibility index (Phi) is 5.35. The number of hydrogen-bond donors (Lipinski definition) is 0. The molecule has 20 heavy (non-hydrogen) atoms. The number of carbonyl (C=O) groups excluding carboxylic acids is 1. The number of ether oxygens (including phenoxy) is 1. The minimum absolute atomic E-state index is 0.335. The maximum absolute atomic E-state index is 12.2. The van der Waals surface area contributed by atoms with Crippen LogP contribution < -0.4 is 0 Å². The van der Waals surface area contributed by atoms with E-state index in [2.05, 4.69) is 25.0 Å². The fraction of sp³-hybridized carbons (Fsp3) is 0.750. The molecule has 112 valence electrons. The lowest BCUT2D eigenvalue weighted by Gasteiger charge is -2.34. The minimum Gasteiger partial charge on any atom is -0.378 e. The van der Waals surface area contributed by atoms with Crippen molar-refractivity contribution in [2.24, 2.45) is 5.92 Å². The highest BCUT2D eigenvalue weighted by Gasteiger charge is 2.31. The van der Waals surface area contributed by atoms with Crippen molar-refractivity contribution in [1.29, 1.82) is 0 Å². The van der Waals surface area contributed by atoms with E-state index in [9.17, 15) is 4.79 Å². The molecule has 0 bridgehead atoms. The molecule has 0 amide bonds. The Labute approximate surface area is 121 Å². The molecule has 2 rings (SSSR count). The first-order valence-corrected chi connectivity index (χ1v) is 7.85. The second kappa shape index (κ2) is 7.02. The third-order valence-electron chi connectivity index (χ3n) is 4.07. The van der Waals surface area contributed by atoms with Crippen LogP contribution in [0.15, 0.2) is 6.07 Å². The molecule has 0 saturated heterocycles. The van der Waals surface area contributed by atoms with Crippen LogP contribution in [0.1, 0.15) is 51.4 Å². The van der Waals surface area contributed by atoms with Gasteiger partial charge in [-0.3, -0.25) is 9.48 Å². The summed E-state index contributed by atoms with van der Waals surface area (Å²) in [5, 5.41) is 4.49. The van der Waals surface area contributed by atoms with Crippen molar-refractivity contribution in [3.8, 4) is 0 Å². The highest BCUT2D eigenvalue weighted by molar-refractivity contribution is 5.80. The van der Waals surface area contributed by atoms with E-state index in [1.54, 1.807) is 0 Å². The molecule has 0 aliphatic heterocycles. The molecule has 1 aliphatic rings. The van der Waals surface area contributed by atoms with Gasteiger partial charge in [0.15, 0.2) is 0 Å². The lowest BCUT2D eigenvalue weighted by atomic mass is 9.78. The van der Waals surface area contributed by atoms with Crippen LogP contribution in [0.25, 0.3) is 0 Å². The van der Waals surface area contributed by atoms with Gasteiger partial charge in [-0.2, -0.15) is 5.10 Å². The van der Waals surface area contributed by atoms with E-state index >= 15 is 0 Å². The summed E-state index contributed by atoms with van der Waals surface area (Å²) in [6.07, 6.45) is 4.63. The van der Waals surface area contributed by atoms with E-state index in [1.165, 1.54) is 0 Å². The average Bonchev–Trinajstić information content (AvgIpc) is 2.78. The first-order chi connectivity index (χ1) is 9.66. The van der Waals surface area contributed by atoms with Gasteiger partial charge < -0.3 is 4.74 Å². The largest absolute Gasteiger partial charge is 0.378 e. The SMILES string of the molecule is CCOC1CC(CC(=O)Cc2cc(CC)nn2CC)C1. The fourth-order valence-electron chi connectivity index (χ4n) is 2.91. The Morgan fingerprint density at radius 2 is 2.15 bits per heavy atom. The number of rotatable bonds is 8. The van der Waals surface area contributed by atoms with Crippen molar-refractivity contribution in [1.82, 2.24) is 9.78 Å². The van der Waals surface area contributed by atoms with E-state index in [1.807, 2.05) is 11.6 Å². The highest BCUT2D eigenvalue weighted by Crippen LogP contribution is 2.33. The van der Waals surface area contributed by atoms with E-state index in [0.717, 1.165) is 43.8 Å². The Balaban J connectivity index is 1.81. The van der Waals surface area contributed by atoms with Gasteiger partial charge in [0, 0.05) is 31.7 Å². The molecular weight excluding hydrogens is 252 g/mol. The summed E-state index contributed by atoms with van der Waals surface area (Å²) >= 11 is 0. The molecule has 4 heteroatoms. The van der Waals surface area contributed by atoms with E-state index in [0.29, 0.717) is 30.6 Å². The number of aryl methyl sites for hydroxylation is 2. The van der Waals surface area contributed by atoms with Crippen LogP contribution in [0.3, 0.4) is 0 Å². The van der Waals surface area contributed by atoms with Gasteiger partial charge in [0.1, 0.15) is 5.78 Å². The van der Waals surface area contributed by atoms with Gasteiger partial charge in [-0.25, -0.2) is 0 Å². The van der Waals surface area contributed by atoms with E-state index < -0.39 is 0 Å². The van der Waals surface area contributed by atoms with Crippen molar-refractivity contribution in [2.75, 3.05) is 6.61 Å². The molecule has 1 heterocycles. The van der Waals surface area contributed by atoms with Crippen molar-refractivity contribution in [3.05, 3.63) is 17.5 Å².